The molecular weight excluding hydrogens is 264 g/mol. The monoisotopic (exact) mass is 285 g/mol. The maximum absolute atomic E-state index is 13.3. The fourth-order valence-corrected chi connectivity index (χ4v) is 3.98. The van der Waals surface area contributed by atoms with Crippen LogP contribution in [0.2, 0.25) is 0 Å². The first-order valence-electron chi connectivity index (χ1n) is 7.05. The van der Waals surface area contributed by atoms with Gasteiger partial charge in [-0.1, -0.05) is 26.2 Å². The van der Waals surface area contributed by atoms with Crippen LogP contribution in [0, 0.1) is 11.6 Å². The van der Waals surface area contributed by atoms with Gasteiger partial charge in [0.15, 0.2) is 11.6 Å². The molecule has 2 rings (SSSR count). The van der Waals surface area contributed by atoms with Crippen molar-refractivity contribution in [2.45, 2.75) is 55.2 Å². The van der Waals surface area contributed by atoms with E-state index in [0.717, 1.165) is 17.9 Å². The minimum Gasteiger partial charge on any atom is -0.313 e. The molecule has 1 nitrogen and oxygen atoms in total. The molecule has 0 bridgehead atoms. The highest BCUT2D eigenvalue weighted by Gasteiger charge is 2.24. The molecule has 2 atom stereocenters. The van der Waals surface area contributed by atoms with Gasteiger partial charge >= 0.3 is 0 Å². The van der Waals surface area contributed by atoms with Gasteiger partial charge in [-0.2, -0.15) is 0 Å². The summed E-state index contributed by atoms with van der Waals surface area (Å²) in [7, 11) is 0. The fraction of sp³-hybridized carbons (Fsp3) is 0.600. The standard InChI is InChI=1S/C15H21F2NS/c1-2-18-14-6-4-3-5-7-15(14)19-11-8-9-12(16)13(17)10-11/h8-10,14-15,18H,2-7H2,1H3. The Morgan fingerprint density at radius 3 is 2.68 bits per heavy atom. The number of benzene rings is 1. The third kappa shape index (κ3) is 4.18. The molecule has 1 N–H and O–H groups in total. The summed E-state index contributed by atoms with van der Waals surface area (Å²) in [4.78, 5) is 0.828. The van der Waals surface area contributed by atoms with Crippen molar-refractivity contribution < 1.29 is 8.78 Å². The summed E-state index contributed by atoms with van der Waals surface area (Å²) in [5.74, 6) is -1.52. The zero-order valence-electron chi connectivity index (χ0n) is 11.3. The van der Waals surface area contributed by atoms with Crippen LogP contribution in [-0.2, 0) is 0 Å². The smallest absolute Gasteiger partial charge is 0.159 e. The molecule has 0 heterocycles. The lowest BCUT2D eigenvalue weighted by atomic mass is 10.1. The summed E-state index contributed by atoms with van der Waals surface area (Å²) >= 11 is 1.68. The van der Waals surface area contributed by atoms with Gasteiger partial charge in [0.2, 0.25) is 0 Å². The molecule has 4 heteroatoms. The van der Waals surface area contributed by atoms with Crippen molar-refractivity contribution in [3.05, 3.63) is 29.8 Å². The first-order chi connectivity index (χ1) is 9.20. The van der Waals surface area contributed by atoms with Crippen LogP contribution in [0.1, 0.15) is 39.0 Å². The van der Waals surface area contributed by atoms with E-state index >= 15 is 0 Å². The summed E-state index contributed by atoms with van der Waals surface area (Å²) in [6.07, 6.45) is 6.07. The summed E-state index contributed by atoms with van der Waals surface area (Å²) in [6, 6.07) is 4.69. The number of thioether (sulfide) groups is 1. The molecule has 1 aromatic carbocycles. The van der Waals surface area contributed by atoms with Gasteiger partial charge < -0.3 is 5.32 Å². The van der Waals surface area contributed by atoms with Crippen molar-refractivity contribution in [3.63, 3.8) is 0 Å². The van der Waals surface area contributed by atoms with E-state index in [9.17, 15) is 8.78 Å². The molecule has 1 aliphatic rings. The van der Waals surface area contributed by atoms with E-state index in [1.54, 1.807) is 17.8 Å². The Labute approximate surface area is 118 Å². The lowest BCUT2D eigenvalue weighted by molar-refractivity contribution is 0.482. The second-order valence-corrected chi connectivity index (χ2v) is 6.35. The van der Waals surface area contributed by atoms with Crippen molar-refractivity contribution in [2.24, 2.45) is 0 Å². The maximum Gasteiger partial charge on any atom is 0.159 e. The molecule has 0 saturated heterocycles. The Balaban J connectivity index is 2.06. The third-order valence-corrected chi connectivity index (χ3v) is 4.99. The average molecular weight is 285 g/mol. The van der Waals surface area contributed by atoms with Gasteiger partial charge in [0.25, 0.3) is 0 Å². The Morgan fingerprint density at radius 2 is 1.95 bits per heavy atom. The highest BCUT2D eigenvalue weighted by atomic mass is 32.2. The number of hydrogen-bond acceptors (Lipinski definition) is 2. The molecule has 0 spiro atoms. The van der Waals surface area contributed by atoms with Crippen molar-refractivity contribution in [1.29, 1.82) is 0 Å². The lowest BCUT2D eigenvalue weighted by Gasteiger charge is -2.25. The van der Waals surface area contributed by atoms with Gasteiger partial charge in [0, 0.05) is 16.2 Å². The topological polar surface area (TPSA) is 12.0 Å². The van der Waals surface area contributed by atoms with Crippen LogP contribution in [0.4, 0.5) is 8.78 Å². The van der Waals surface area contributed by atoms with Crippen molar-refractivity contribution >= 4 is 11.8 Å². The van der Waals surface area contributed by atoms with Crippen LogP contribution in [-0.4, -0.2) is 17.8 Å². The number of halogens is 2. The summed E-state index contributed by atoms with van der Waals surface area (Å²) in [5, 5.41) is 3.98. The van der Waals surface area contributed by atoms with Crippen LogP contribution < -0.4 is 5.32 Å². The van der Waals surface area contributed by atoms with E-state index in [4.69, 9.17) is 0 Å². The quantitative estimate of drug-likeness (QED) is 0.825. The van der Waals surface area contributed by atoms with Crippen molar-refractivity contribution in [3.8, 4) is 0 Å². The highest BCUT2D eigenvalue weighted by Crippen LogP contribution is 2.33. The third-order valence-electron chi connectivity index (χ3n) is 3.60. The van der Waals surface area contributed by atoms with Crippen LogP contribution >= 0.6 is 11.8 Å². The summed E-state index contributed by atoms with van der Waals surface area (Å²) in [6.45, 7) is 3.07. The Hall–Kier alpha value is -0.610. The second kappa shape index (κ2) is 7.25. The van der Waals surface area contributed by atoms with E-state index in [2.05, 4.69) is 12.2 Å². The predicted molar refractivity (Wildman–Crippen MR) is 76.6 cm³/mol. The molecule has 1 fully saturated rings. The molecule has 1 aliphatic carbocycles. The Bertz CT molecular complexity index is 411. The van der Waals surface area contributed by atoms with Gasteiger partial charge in [0.1, 0.15) is 0 Å². The van der Waals surface area contributed by atoms with Crippen LogP contribution in [0.25, 0.3) is 0 Å². The Kier molecular flexibility index (Phi) is 5.64. The van der Waals surface area contributed by atoms with Crippen LogP contribution in [0.3, 0.4) is 0 Å². The zero-order chi connectivity index (χ0) is 13.7. The van der Waals surface area contributed by atoms with E-state index < -0.39 is 11.6 Å². The van der Waals surface area contributed by atoms with Gasteiger partial charge in [-0.05, 0) is 37.6 Å². The zero-order valence-corrected chi connectivity index (χ0v) is 12.1. The average Bonchev–Trinajstić information content (AvgIpc) is 2.61. The van der Waals surface area contributed by atoms with Gasteiger partial charge in [-0.3, -0.25) is 0 Å². The largest absolute Gasteiger partial charge is 0.313 e. The van der Waals surface area contributed by atoms with Gasteiger partial charge in [-0.15, -0.1) is 11.8 Å². The lowest BCUT2D eigenvalue weighted by Crippen LogP contribution is -2.37. The normalized spacial score (nSPS) is 24.2. The van der Waals surface area contributed by atoms with Gasteiger partial charge in [-0.25, -0.2) is 8.78 Å². The molecular formula is C15H21F2NS. The minimum atomic E-state index is -0.770. The molecule has 1 saturated carbocycles. The molecule has 0 amide bonds. The van der Waals surface area contributed by atoms with E-state index in [0.29, 0.717) is 11.3 Å². The summed E-state index contributed by atoms with van der Waals surface area (Å²) in [5.41, 5.74) is 0. The predicted octanol–water partition coefficient (Wildman–Crippen LogP) is 4.37. The molecule has 19 heavy (non-hydrogen) atoms. The van der Waals surface area contributed by atoms with Gasteiger partial charge in [0.05, 0.1) is 0 Å². The fourth-order valence-electron chi connectivity index (χ4n) is 2.64. The van der Waals surface area contributed by atoms with E-state index in [1.165, 1.54) is 37.8 Å². The molecule has 0 radical (unpaired) electrons. The molecule has 0 aliphatic heterocycles. The number of hydrogen-bond donors (Lipinski definition) is 1. The maximum atomic E-state index is 13.3. The molecule has 1 aromatic rings. The van der Waals surface area contributed by atoms with E-state index in [1.807, 2.05) is 0 Å². The number of nitrogens with one attached hydrogen (secondary N) is 1. The number of rotatable bonds is 4. The van der Waals surface area contributed by atoms with Crippen molar-refractivity contribution in [1.82, 2.24) is 5.32 Å². The highest BCUT2D eigenvalue weighted by molar-refractivity contribution is 8.00. The summed E-state index contributed by atoms with van der Waals surface area (Å²) < 4.78 is 26.2. The van der Waals surface area contributed by atoms with E-state index in [-0.39, 0.29) is 0 Å². The van der Waals surface area contributed by atoms with Crippen LogP contribution in [0.15, 0.2) is 23.1 Å². The van der Waals surface area contributed by atoms with Crippen LogP contribution in [0.5, 0.6) is 0 Å². The Morgan fingerprint density at radius 1 is 1.16 bits per heavy atom. The SMILES string of the molecule is CCNC1CCCCCC1Sc1ccc(F)c(F)c1. The molecule has 106 valence electrons. The van der Waals surface area contributed by atoms with Crippen molar-refractivity contribution in [2.75, 3.05) is 6.54 Å². The molecule has 0 aromatic heterocycles. The first-order valence-corrected chi connectivity index (χ1v) is 7.93. The first kappa shape index (κ1) is 14.8. The second-order valence-electron chi connectivity index (χ2n) is 5.03. The molecule has 2 unspecified atom stereocenters. The minimum absolute atomic E-state index is 0.451.